The molecule has 1 aliphatic rings. The van der Waals surface area contributed by atoms with Crippen molar-refractivity contribution < 1.29 is 8.42 Å². The topological polar surface area (TPSA) is 84.2 Å². The van der Waals surface area contributed by atoms with Gasteiger partial charge in [0.2, 0.25) is 10.0 Å². The van der Waals surface area contributed by atoms with Crippen molar-refractivity contribution in [2.45, 2.75) is 43.4 Å². The van der Waals surface area contributed by atoms with Crippen molar-refractivity contribution in [1.29, 1.82) is 0 Å². The fourth-order valence-electron chi connectivity index (χ4n) is 2.69. The summed E-state index contributed by atoms with van der Waals surface area (Å²) >= 11 is 0. The number of hydrazine groups is 1. The van der Waals surface area contributed by atoms with Crippen LogP contribution in [0.5, 0.6) is 0 Å². The van der Waals surface area contributed by atoms with Crippen LogP contribution in [0, 0.1) is 5.92 Å². The van der Waals surface area contributed by atoms with E-state index in [1.54, 1.807) is 24.3 Å². The molecule has 20 heavy (non-hydrogen) atoms. The Hall–Kier alpha value is -1.11. The molecule has 1 fully saturated rings. The molecule has 4 N–H and O–H groups in total. The summed E-state index contributed by atoms with van der Waals surface area (Å²) in [5.41, 5.74) is 3.16. The van der Waals surface area contributed by atoms with Crippen LogP contribution in [0.4, 0.5) is 5.69 Å². The molecule has 0 spiro atoms. The van der Waals surface area contributed by atoms with E-state index in [-0.39, 0.29) is 4.90 Å². The average molecular weight is 297 g/mol. The Morgan fingerprint density at radius 3 is 2.35 bits per heavy atom. The zero-order chi connectivity index (χ0) is 14.4. The van der Waals surface area contributed by atoms with Gasteiger partial charge < -0.3 is 5.43 Å². The van der Waals surface area contributed by atoms with Crippen molar-refractivity contribution in [3.8, 4) is 0 Å². The maximum absolute atomic E-state index is 12.1. The zero-order valence-corrected chi connectivity index (χ0v) is 12.5. The molecule has 1 aromatic rings. The van der Waals surface area contributed by atoms with Crippen molar-refractivity contribution >= 4 is 15.7 Å². The van der Waals surface area contributed by atoms with Crippen molar-refractivity contribution in [3.05, 3.63) is 24.3 Å². The third-order valence-corrected chi connectivity index (χ3v) is 5.38. The highest BCUT2D eigenvalue weighted by Gasteiger charge is 2.16. The highest BCUT2D eigenvalue weighted by molar-refractivity contribution is 7.89. The quantitative estimate of drug-likeness (QED) is 0.555. The fourth-order valence-corrected chi connectivity index (χ4v) is 3.73. The second-order valence-corrected chi connectivity index (χ2v) is 7.13. The van der Waals surface area contributed by atoms with Crippen LogP contribution >= 0.6 is 0 Å². The van der Waals surface area contributed by atoms with Gasteiger partial charge >= 0.3 is 0 Å². The number of anilines is 1. The molecular formula is C14H23N3O2S. The lowest BCUT2D eigenvalue weighted by atomic mass is 9.87. The minimum Gasteiger partial charge on any atom is -0.324 e. The molecule has 0 atom stereocenters. The zero-order valence-electron chi connectivity index (χ0n) is 11.6. The molecular weight excluding hydrogens is 274 g/mol. The molecule has 112 valence electrons. The largest absolute Gasteiger partial charge is 0.324 e. The molecule has 0 saturated heterocycles. The smallest absolute Gasteiger partial charge is 0.240 e. The van der Waals surface area contributed by atoms with Gasteiger partial charge in [-0.2, -0.15) is 0 Å². The Morgan fingerprint density at radius 1 is 1.10 bits per heavy atom. The van der Waals surface area contributed by atoms with Crippen molar-refractivity contribution in [1.82, 2.24) is 4.72 Å². The maximum atomic E-state index is 12.1. The molecule has 1 aromatic carbocycles. The second-order valence-electron chi connectivity index (χ2n) is 5.36. The summed E-state index contributed by atoms with van der Waals surface area (Å²) in [6.45, 7) is 0.518. The molecule has 5 nitrogen and oxygen atoms in total. The van der Waals surface area contributed by atoms with Gasteiger partial charge in [0.05, 0.1) is 4.90 Å². The summed E-state index contributed by atoms with van der Waals surface area (Å²) in [4.78, 5) is 0.278. The highest BCUT2D eigenvalue weighted by Crippen LogP contribution is 2.25. The van der Waals surface area contributed by atoms with Crippen LogP contribution in [0.3, 0.4) is 0 Å². The van der Waals surface area contributed by atoms with Crippen molar-refractivity contribution in [3.63, 3.8) is 0 Å². The minimum absolute atomic E-state index is 0.278. The van der Waals surface area contributed by atoms with Crippen LogP contribution in [0.15, 0.2) is 29.2 Å². The SMILES string of the molecule is NNc1ccc(S(=O)(=O)NCCC2CCCCC2)cc1. The van der Waals surface area contributed by atoms with E-state index in [1.165, 1.54) is 32.1 Å². The van der Waals surface area contributed by atoms with E-state index < -0.39 is 10.0 Å². The number of sulfonamides is 1. The first-order chi connectivity index (χ1) is 9.62. The molecule has 0 aromatic heterocycles. The predicted octanol–water partition coefficient (Wildman–Crippen LogP) is 2.22. The van der Waals surface area contributed by atoms with Gasteiger partial charge in [-0.05, 0) is 36.6 Å². The van der Waals surface area contributed by atoms with Gasteiger partial charge in [0.15, 0.2) is 0 Å². The number of nitrogens with one attached hydrogen (secondary N) is 2. The van der Waals surface area contributed by atoms with Crippen LogP contribution in [0.1, 0.15) is 38.5 Å². The van der Waals surface area contributed by atoms with E-state index in [2.05, 4.69) is 10.1 Å². The molecule has 2 rings (SSSR count). The molecule has 0 unspecified atom stereocenters. The summed E-state index contributed by atoms with van der Waals surface area (Å²) in [5, 5.41) is 0. The van der Waals surface area contributed by atoms with Crippen molar-refractivity contribution in [2.75, 3.05) is 12.0 Å². The normalized spacial score (nSPS) is 17.1. The molecule has 1 saturated carbocycles. The molecule has 0 heterocycles. The Kier molecular flexibility index (Phi) is 5.39. The molecule has 0 bridgehead atoms. The Labute approximate surface area is 121 Å². The molecule has 0 amide bonds. The third kappa shape index (κ3) is 4.19. The first-order valence-corrected chi connectivity index (χ1v) is 8.66. The van der Waals surface area contributed by atoms with Crippen LogP contribution in [-0.2, 0) is 10.0 Å². The Bertz CT molecular complexity index is 508. The molecule has 6 heteroatoms. The van der Waals surface area contributed by atoms with Gasteiger partial charge in [-0.1, -0.05) is 32.1 Å². The standard InChI is InChI=1S/C14H23N3O2S/c15-17-13-6-8-14(9-7-13)20(18,19)16-11-10-12-4-2-1-3-5-12/h6-9,12,16-17H,1-5,10-11,15H2. The Balaban J connectivity index is 1.86. The number of rotatable bonds is 6. The highest BCUT2D eigenvalue weighted by atomic mass is 32.2. The van der Waals surface area contributed by atoms with Gasteiger partial charge in [0, 0.05) is 12.2 Å². The second kappa shape index (κ2) is 7.06. The average Bonchev–Trinajstić information content (AvgIpc) is 2.48. The van der Waals surface area contributed by atoms with Gasteiger partial charge in [0.1, 0.15) is 0 Å². The van der Waals surface area contributed by atoms with Crippen LogP contribution in [-0.4, -0.2) is 15.0 Å². The summed E-state index contributed by atoms with van der Waals surface area (Å²) < 4.78 is 26.9. The van der Waals surface area contributed by atoms with Crippen LogP contribution in [0.25, 0.3) is 0 Å². The number of nitrogens with two attached hydrogens (primary N) is 1. The van der Waals surface area contributed by atoms with E-state index in [9.17, 15) is 8.42 Å². The molecule has 0 aliphatic heterocycles. The number of hydrogen-bond donors (Lipinski definition) is 3. The summed E-state index contributed by atoms with van der Waals surface area (Å²) in [6.07, 6.45) is 7.29. The van der Waals surface area contributed by atoms with Gasteiger partial charge in [0.25, 0.3) is 0 Å². The van der Waals surface area contributed by atoms with Crippen molar-refractivity contribution in [2.24, 2.45) is 11.8 Å². The summed E-state index contributed by atoms with van der Waals surface area (Å²) in [7, 11) is -3.40. The Morgan fingerprint density at radius 2 is 1.75 bits per heavy atom. The number of nitrogen functional groups attached to an aromatic ring is 1. The maximum Gasteiger partial charge on any atom is 0.240 e. The predicted molar refractivity (Wildman–Crippen MR) is 80.6 cm³/mol. The minimum atomic E-state index is -3.40. The molecule has 0 radical (unpaired) electrons. The monoisotopic (exact) mass is 297 g/mol. The summed E-state index contributed by atoms with van der Waals surface area (Å²) in [6, 6.07) is 6.40. The van der Waals surface area contributed by atoms with Gasteiger partial charge in [-0.3, -0.25) is 5.84 Å². The number of benzene rings is 1. The van der Waals surface area contributed by atoms with E-state index in [1.807, 2.05) is 0 Å². The lowest BCUT2D eigenvalue weighted by molar-refractivity contribution is 0.339. The van der Waals surface area contributed by atoms with Crippen LogP contribution < -0.4 is 16.0 Å². The van der Waals surface area contributed by atoms with E-state index in [0.29, 0.717) is 18.2 Å². The third-order valence-electron chi connectivity index (χ3n) is 3.90. The lowest BCUT2D eigenvalue weighted by Crippen LogP contribution is -2.26. The van der Waals surface area contributed by atoms with Gasteiger partial charge in [-0.25, -0.2) is 13.1 Å². The van der Waals surface area contributed by atoms with E-state index >= 15 is 0 Å². The van der Waals surface area contributed by atoms with E-state index in [0.717, 1.165) is 6.42 Å². The molecule has 1 aliphatic carbocycles. The lowest BCUT2D eigenvalue weighted by Gasteiger charge is -2.21. The first kappa shape index (κ1) is 15.3. The van der Waals surface area contributed by atoms with Crippen LogP contribution in [0.2, 0.25) is 0 Å². The fraction of sp³-hybridized carbons (Fsp3) is 0.571. The van der Waals surface area contributed by atoms with E-state index in [4.69, 9.17) is 5.84 Å². The first-order valence-electron chi connectivity index (χ1n) is 7.18. The summed E-state index contributed by atoms with van der Waals surface area (Å²) in [5.74, 6) is 5.93. The van der Waals surface area contributed by atoms with Gasteiger partial charge in [-0.15, -0.1) is 0 Å². The number of hydrogen-bond acceptors (Lipinski definition) is 4.